The van der Waals surface area contributed by atoms with Gasteiger partial charge in [-0.2, -0.15) is 0 Å². The molecule has 1 N–H and O–H groups in total. The number of urea groups is 1. The van der Waals surface area contributed by atoms with Crippen LogP contribution in [0.25, 0.3) is 11.0 Å². The van der Waals surface area contributed by atoms with Crippen LogP contribution < -0.4 is 10.7 Å². The van der Waals surface area contributed by atoms with E-state index in [2.05, 4.69) is 26.3 Å². The van der Waals surface area contributed by atoms with Crippen LogP contribution in [0.1, 0.15) is 0 Å². The zero-order chi connectivity index (χ0) is 23.6. The van der Waals surface area contributed by atoms with Gasteiger partial charge in [-0.1, -0.05) is 17.4 Å². The van der Waals surface area contributed by atoms with Crippen LogP contribution in [0.5, 0.6) is 0 Å². The maximum Gasteiger partial charge on any atom is 0.320 e. The Hall–Kier alpha value is -3.51. The lowest BCUT2D eigenvalue weighted by Gasteiger charge is -2.42. The summed E-state index contributed by atoms with van der Waals surface area (Å²) in [5.74, 6) is 1.84. The van der Waals surface area contributed by atoms with E-state index < -0.39 is 0 Å². The second-order valence-corrected chi connectivity index (χ2v) is 8.92. The molecule has 1 aromatic heterocycles. The largest absolute Gasteiger partial charge is 0.378 e. The van der Waals surface area contributed by atoms with Crippen molar-refractivity contribution >= 4 is 22.9 Å². The second kappa shape index (κ2) is 9.62. The smallest absolute Gasteiger partial charge is 0.320 e. The number of para-hydroxylation sites is 2. The molecule has 4 aliphatic heterocycles. The molecule has 1 aromatic carbocycles. The minimum Gasteiger partial charge on any atom is -0.378 e. The number of rotatable bonds is 2. The van der Waals surface area contributed by atoms with Gasteiger partial charge in [0, 0.05) is 58.4 Å². The number of carbonyl (C=O) groups is 1. The van der Waals surface area contributed by atoms with E-state index in [1.165, 1.54) is 0 Å². The van der Waals surface area contributed by atoms with E-state index in [0.717, 1.165) is 48.9 Å². The number of hydrazone groups is 1. The number of amides is 2. The van der Waals surface area contributed by atoms with E-state index in [-0.39, 0.29) is 6.03 Å². The van der Waals surface area contributed by atoms with Crippen molar-refractivity contribution in [3.8, 4) is 0 Å². The molecule has 12 nitrogen and oxygen atoms in total. The van der Waals surface area contributed by atoms with Gasteiger partial charge in [-0.15, -0.1) is 5.10 Å². The SMILES string of the molecule is O=C(N1CCOCC1)N1CCN(C2=CC(N3CCOCC3)=NN(n3cnc4ccccc43)N2)CC1. The van der Waals surface area contributed by atoms with Crippen molar-refractivity contribution in [2.75, 3.05) is 84.0 Å². The van der Waals surface area contributed by atoms with Gasteiger partial charge in [0.1, 0.15) is 12.1 Å². The quantitative estimate of drug-likeness (QED) is 0.643. The third kappa shape index (κ3) is 4.46. The van der Waals surface area contributed by atoms with Gasteiger partial charge in [-0.25, -0.2) is 19.9 Å². The van der Waals surface area contributed by atoms with E-state index >= 15 is 0 Å². The molecular weight excluding hydrogens is 450 g/mol. The van der Waals surface area contributed by atoms with Crippen LogP contribution in [0.4, 0.5) is 4.79 Å². The summed E-state index contributed by atoms with van der Waals surface area (Å²) in [6.45, 7) is 8.35. The highest BCUT2D eigenvalue weighted by molar-refractivity contribution is 5.94. The molecule has 6 rings (SSSR count). The molecule has 12 heteroatoms. The molecular formula is C23H31N9O3. The normalized spacial score (nSPS) is 21.7. The average Bonchev–Trinajstić information content (AvgIpc) is 3.38. The summed E-state index contributed by atoms with van der Waals surface area (Å²) in [6, 6.07) is 8.11. The van der Waals surface area contributed by atoms with Crippen LogP contribution in [0, 0.1) is 0 Å². The monoisotopic (exact) mass is 481 g/mol. The van der Waals surface area contributed by atoms with E-state index in [0.29, 0.717) is 52.6 Å². The highest BCUT2D eigenvalue weighted by Gasteiger charge is 2.30. The molecule has 4 aliphatic rings. The standard InChI is InChI=1S/C23H31N9O3/c33-23(30-11-15-35-16-12-30)29-7-5-27(6-8-29)21-17-22(28-9-13-34-14-10-28)26-32(25-21)31-18-24-19-3-1-2-4-20(19)31/h1-4,17-18,25H,5-16H2. The summed E-state index contributed by atoms with van der Waals surface area (Å²) >= 11 is 0. The number of aromatic nitrogens is 2. The number of nitrogens with one attached hydrogen (secondary N) is 1. The van der Waals surface area contributed by atoms with Gasteiger partial charge >= 0.3 is 6.03 Å². The first kappa shape index (κ1) is 22.0. The second-order valence-electron chi connectivity index (χ2n) is 8.92. The molecule has 0 aliphatic carbocycles. The van der Waals surface area contributed by atoms with Crippen LogP contribution in [0.3, 0.4) is 0 Å². The fourth-order valence-corrected chi connectivity index (χ4v) is 4.81. The lowest BCUT2D eigenvalue weighted by Crippen LogP contribution is -2.57. The number of amidine groups is 1. The third-order valence-electron chi connectivity index (χ3n) is 6.82. The van der Waals surface area contributed by atoms with Crippen LogP contribution in [-0.2, 0) is 9.47 Å². The van der Waals surface area contributed by atoms with Crippen molar-refractivity contribution in [3.05, 3.63) is 42.5 Å². The zero-order valence-corrected chi connectivity index (χ0v) is 19.8. The first-order chi connectivity index (χ1) is 17.3. The Labute approximate surface area is 203 Å². The van der Waals surface area contributed by atoms with Crippen molar-refractivity contribution in [2.24, 2.45) is 5.10 Å². The number of morpholine rings is 2. The number of imidazole rings is 1. The van der Waals surface area contributed by atoms with E-state index in [1.807, 2.05) is 38.7 Å². The Bertz CT molecular complexity index is 1110. The molecule has 5 heterocycles. The lowest BCUT2D eigenvalue weighted by molar-refractivity contribution is 0.0388. The van der Waals surface area contributed by atoms with Crippen LogP contribution >= 0.6 is 0 Å². The van der Waals surface area contributed by atoms with Gasteiger partial charge in [-0.3, -0.25) is 0 Å². The Balaban J connectivity index is 1.21. The summed E-state index contributed by atoms with van der Waals surface area (Å²) in [7, 11) is 0. The van der Waals surface area contributed by atoms with Crippen LogP contribution in [0.15, 0.2) is 47.6 Å². The Morgan fingerprint density at radius 3 is 2.29 bits per heavy atom. The van der Waals surface area contributed by atoms with Gasteiger partial charge in [0.2, 0.25) is 0 Å². The third-order valence-corrected chi connectivity index (χ3v) is 6.82. The maximum absolute atomic E-state index is 12.9. The fraction of sp³-hybridized carbons (Fsp3) is 0.522. The van der Waals surface area contributed by atoms with Crippen molar-refractivity contribution in [2.45, 2.75) is 0 Å². The van der Waals surface area contributed by atoms with Crippen molar-refractivity contribution < 1.29 is 14.3 Å². The number of hydrazine groups is 1. The number of ether oxygens (including phenoxy) is 2. The van der Waals surface area contributed by atoms with Gasteiger partial charge < -0.3 is 29.1 Å². The summed E-state index contributed by atoms with van der Waals surface area (Å²) < 4.78 is 12.9. The number of fused-ring (bicyclic) bond motifs is 1. The molecule has 35 heavy (non-hydrogen) atoms. The molecule has 3 fully saturated rings. The Morgan fingerprint density at radius 1 is 0.829 bits per heavy atom. The van der Waals surface area contributed by atoms with Gasteiger partial charge in [0.15, 0.2) is 5.84 Å². The van der Waals surface area contributed by atoms with Gasteiger partial charge in [0.05, 0.1) is 37.5 Å². The molecule has 0 bridgehead atoms. The average molecular weight is 482 g/mol. The molecule has 186 valence electrons. The number of carbonyl (C=O) groups excluding carboxylic acids is 1. The molecule has 0 unspecified atom stereocenters. The highest BCUT2D eigenvalue weighted by atomic mass is 16.5. The molecule has 0 atom stereocenters. The molecule has 3 saturated heterocycles. The minimum atomic E-state index is 0.112. The first-order valence-corrected chi connectivity index (χ1v) is 12.2. The van der Waals surface area contributed by atoms with Crippen LogP contribution in [0.2, 0.25) is 0 Å². The number of hydrogen-bond acceptors (Lipinski definition) is 9. The number of hydrogen-bond donors (Lipinski definition) is 1. The molecule has 2 amide bonds. The van der Waals surface area contributed by atoms with Gasteiger partial charge in [0.25, 0.3) is 0 Å². The minimum absolute atomic E-state index is 0.112. The van der Waals surface area contributed by atoms with E-state index in [1.54, 1.807) is 11.6 Å². The van der Waals surface area contributed by atoms with Crippen LogP contribution in [-0.4, -0.2) is 120 Å². The number of nitrogens with zero attached hydrogens (tertiary/aromatic N) is 8. The Morgan fingerprint density at radius 2 is 1.51 bits per heavy atom. The topological polar surface area (TPSA) is 93.9 Å². The molecule has 0 radical (unpaired) electrons. The summed E-state index contributed by atoms with van der Waals surface area (Å²) in [6.07, 6.45) is 3.88. The fourth-order valence-electron chi connectivity index (χ4n) is 4.81. The predicted octanol–water partition coefficient (Wildman–Crippen LogP) is 0.0494. The van der Waals surface area contributed by atoms with E-state index in [4.69, 9.17) is 14.6 Å². The first-order valence-electron chi connectivity index (χ1n) is 12.2. The molecule has 0 saturated carbocycles. The summed E-state index contributed by atoms with van der Waals surface area (Å²) in [4.78, 5) is 25.8. The highest BCUT2D eigenvalue weighted by Crippen LogP contribution is 2.18. The zero-order valence-electron chi connectivity index (χ0n) is 19.8. The van der Waals surface area contributed by atoms with E-state index in [9.17, 15) is 4.79 Å². The van der Waals surface area contributed by atoms with Crippen molar-refractivity contribution in [1.29, 1.82) is 0 Å². The maximum atomic E-state index is 12.9. The number of piperazine rings is 1. The predicted molar refractivity (Wildman–Crippen MR) is 130 cm³/mol. The Kier molecular flexibility index (Phi) is 6.05. The molecule has 0 spiro atoms. The molecule has 2 aromatic rings. The van der Waals surface area contributed by atoms with Crippen molar-refractivity contribution in [1.82, 2.24) is 34.7 Å². The number of benzene rings is 1. The van der Waals surface area contributed by atoms with Crippen molar-refractivity contribution in [3.63, 3.8) is 0 Å². The summed E-state index contributed by atoms with van der Waals surface area (Å²) in [5.41, 5.74) is 5.33. The van der Waals surface area contributed by atoms with Gasteiger partial charge in [-0.05, 0) is 12.1 Å². The lowest BCUT2D eigenvalue weighted by atomic mass is 10.3. The summed E-state index contributed by atoms with van der Waals surface area (Å²) in [5, 5.41) is 6.64.